The van der Waals surface area contributed by atoms with Crippen molar-refractivity contribution in [3.63, 3.8) is 0 Å². The van der Waals surface area contributed by atoms with Gasteiger partial charge in [-0.15, -0.1) is 0 Å². The van der Waals surface area contributed by atoms with E-state index in [-0.39, 0.29) is 19.4 Å². The number of halogens is 3. The molecule has 0 aromatic carbocycles. The van der Waals surface area contributed by atoms with Gasteiger partial charge in [0.25, 0.3) is 0 Å². The second kappa shape index (κ2) is 4.49. The highest BCUT2D eigenvalue weighted by atomic mass is 19.4. The molecule has 1 saturated heterocycles. The Kier molecular flexibility index (Phi) is 3.78. The van der Waals surface area contributed by atoms with E-state index in [1.807, 2.05) is 6.92 Å². The van der Waals surface area contributed by atoms with Crippen LogP contribution in [0.25, 0.3) is 0 Å². The smallest absolute Gasteiger partial charge is 0.365 e. The largest absolute Gasteiger partial charge is 0.417 e. The van der Waals surface area contributed by atoms with Gasteiger partial charge in [-0.2, -0.15) is 13.2 Å². The molecule has 1 heterocycles. The summed E-state index contributed by atoms with van der Waals surface area (Å²) in [4.78, 5) is 0. The van der Waals surface area contributed by atoms with Gasteiger partial charge in [-0.25, -0.2) is 0 Å². The minimum atomic E-state index is -4.25. The molecule has 0 aromatic rings. The zero-order valence-corrected chi connectivity index (χ0v) is 8.28. The normalized spacial score (nSPS) is 22.3. The maximum Gasteiger partial charge on any atom is 0.417 e. The second-order valence-electron chi connectivity index (χ2n) is 3.59. The highest BCUT2D eigenvalue weighted by Crippen LogP contribution is 2.40. The summed E-state index contributed by atoms with van der Waals surface area (Å²) in [6.45, 7) is 2.75. The van der Waals surface area contributed by atoms with Crippen molar-refractivity contribution >= 4 is 0 Å². The van der Waals surface area contributed by atoms with Crippen LogP contribution in [0.1, 0.15) is 26.2 Å². The van der Waals surface area contributed by atoms with Crippen molar-refractivity contribution < 1.29 is 17.9 Å². The Morgan fingerprint density at radius 3 is 2.29 bits per heavy atom. The molecule has 84 valence electrons. The van der Waals surface area contributed by atoms with Gasteiger partial charge >= 0.3 is 6.18 Å². The van der Waals surface area contributed by atoms with Gasteiger partial charge in [0.1, 0.15) is 0 Å². The van der Waals surface area contributed by atoms with Crippen molar-refractivity contribution in [1.82, 2.24) is 5.32 Å². The minimum absolute atomic E-state index is 0.0243. The van der Waals surface area contributed by atoms with E-state index < -0.39 is 11.8 Å². The monoisotopic (exact) mass is 211 g/mol. The van der Waals surface area contributed by atoms with Crippen LogP contribution in [0, 0.1) is 0 Å². The fourth-order valence-electron chi connectivity index (χ4n) is 1.64. The van der Waals surface area contributed by atoms with Gasteiger partial charge in [0.15, 0.2) is 5.60 Å². The van der Waals surface area contributed by atoms with Crippen molar-refractivity contribution in [3.8, 4) is 0 Å². The Morgan fingerprint density at radius 1 is 1.29 bits per heavy atom. The summed E-state index contributed by atoms with van der Waals surface area (Å²) in [7, 11) is 0. The van der Waals surface area contributed by atoms with Gasteiger partial charge < -0.3 is 10.1 Å². The predicted molar refractivity (Wildman–Crippen MR) is 47.1 cm³/mol. The molecule has 0 aromatic heterocycles. The summed E-state index contributed by atoms with van der Waals surface area (Å²) < 4.78 is 43.3. The fraction of sp³-hybridized carbons (Fsp3) is 1.00. The molecule has 2 nitrogen and oxygen atoms in total. The maximum absolute atomic E-state index is 12.8. The Bertz CT molecular complexity index is 175. The summed E-state index contributed by atoms with van der Waals surface area (Å²) in [5, 5.41) is 2.91. The molecule has 5 heteroatoms. The van der Waals surface area contributed by atoms with Crippen LogP contribution >= 0.6 is 0 Å². The third-order valence-electron chi connectivity index (χ3n) is 2.51. The maximum atomic E-state index is 12.8. The number of piperidine rings is 1. The molecule has 1 N–H and O–H groups in total. The highest BCUT2D eigenvalue weighted by Gasteiger charge is 2.55. The number of rotatable bonds is 3. The first-order valence-corrected chi connectivity index (χ1v) is 4.93. The van der Waals surface area contributed by atoms with E-state index in [2.05, 4.69) is 5.32 Å². The average Bonchev–Trinajstić information content (AvgIpc) is 2.14. The highest BCUT2D eigenvalue weighted by molar-refractivity contribution is 4.92. The van der Waals surface area contributed by atoms with Crippen LogP contribution < -0.4 is 5.32 Å². The summed E-state index contributed by atoms with van der Waals surface area (Å²) in [5.74, 6) is 0. The van der Waals surface area contributed by atoms with Crippen molar-refractivity contribution in [2.45, 2.75) is 38.0 Å². The summed E-state index contributed by atoms with van der Waals surface area (Å²) in [5.41, 5.74) is -1.89. The quantitative estimate of drug-likeness (QED) is 0.771. The van der Waals surface area contributed by atoms with Crippen LogP contribution in [-0.4, -0.2) is 31.5 Å². The first kappa shape index (κ1) is 11.8. The topological polar surface area (TPSA) is 21.3 Å². The van der Waals surface area contributed by atoms with Crippen molar-refractivity contribution in [1.29, 1.82) is 0 Å². The van der Waals surface area contributed by atoms with E-state index in [4.69, 9.17) is 4.74 Å². The summed E-state index contributed by atoms with van der Waals surface area (Å²) in [6.07, 6.45) is -3.58. The lowest BCUT2D eigenvalue weighted by molar-refractivity contribution is -0.285. The fourth-order valence-corrected chi connectivity index (χ4v) is 1.64. The lowest BCUT2D eigenvalue weighted by Gasteiger charge is -2.38. The zero-order chi connectivity index (χ0) is 10.7. The molecule has 0 radical (unpaired) electrons. The molecule has 0 bridgehead atoms. The van der Waals surface area contributed by atoms with E-state index in [0.717, 1.165) is 0 Å². The van der Waals surface area contributed by atoms with E-state index in [1.165, 1.54) is 0 Å². The van der Waals surface area contributed by atoms with E-state index in [0.29, 0.717) is 19.5 Å². The van der Waals surface area contributed by atoms with Crippen LogP contribution in [0.5, 0.6) is 0 Å². The Balaban J connectivity index is 2.67. The van der Waals surface area contributed by atoms with Crippen LogP contribution in [0.4, 0.5) is 13.2 Å². The molecule has 1 rings (SSSR count). The third kappa shape index (κ3) is 2.39. The first-order chi connectivity index (χ1) is 6.52. The molecule has 0 aliphatic carbocycles. The number of hydrogen-bond acceptors (Lipinski definition) is 2. The van der Waals surface area contributed by atoms with Crippen molar-refractivity contribution in [2.75, 3.05) is 19.7 Å². The number of nitrogens with one attached hydrogen (secondary N) is 1. The van der Waals surface area contributed by atoms with E-state index in [9.17, 15) is 13.2 Å². The SMILES string of the molecule is CCCOC1(C(F)(F)F)CCNCC1. The van der Waals surface area contributed by atoms with Crippen LogP contribution in [0.15, 0.2) is 0 Å². The first-order valence-electron chi connectivity index (χ1n) is 4.93. The lowest BCUT2D eigenvalue weighted by atomic mass is 9.91. The van der Waals surface area contributed by atoms with Gasteiger partial charge in [0, 0.05) is 6.61 Å². The average molecular weight is 211 g/mol. The lowest BCUT2D eigenvalue weighted by Crippen LogP contribution is -2.54. The minimum Gasteiger partial charge on any atom is -0.365 e. The Hall–Kier alpha value is -0.290. The molecule has 1 fully saturated rings. The van der Waals surface area contributed by atoms with Crippen LogP contribution in [0.2, 0.25) is 0 Å². The Labute approximate surface area is 81.8 Å². The molecule has 1 aliphatic rings. The molecule has 0 spiro atoms. The molecule has 1 aliphatic heterocycles. The Morgan fingerprint density at radius 2 is 1.86 bits per heavy atom. The van der Waals surface area contributed by atoms with Gasteiger partial charge in [-0.05, 0) is 32.4 Å². The van der Waals surface area contributed by atoms with Crippen LogP contribution in [0.3, 0.4) is 0 Å². The number of hydrogen-bond donors (Lipinski definition) is 1. The van der Waals surface area contributed by atoms with E-state index in [1.54, 1.807) is 0 Å². The van der Waals surface area contributed by atoms with Crippen LogP contribution in [-0.2, 0) is 4.74 Å². The molecule has 14 heavy (non-hydrogen) atoms. The molecule has 0 atom stereocenters. The summed E-state index contributed by atoms with van der Waals surface area (Å²) in [6, 6.07) is 0. The van der Waals surface area contributed by atoms with Gasteiger partial charge in [0.2, 0.25) is 0 Å². The zero-order valence-electron chi connectivity index (χ0n) is 8.28. The third-order valence-corrected chi connectivity index (χ3v) is 2.51. The number of ether oxygens (including phenoxy) is 1. The van der Waals surface area contributed by atoms with Gasteiger partial charge in [0.05, 0.1) is 0 Å². The van der Waals surface area contributed by atoms with Crippen molar-refractivity contribution in [2.24, 2.45) is 0 Å². The molecular formula is C9H16F3NO. The van der Waals surface area contributed by atoms with Gasteiger partial charge in [-0.3, -0.25) is 0 Å². The summed E-state index contributed by atoms with van der Waals surface area (Å²) >= 11 is 0. The molecule has 0 saturated carbocycles. The molecule has 0 unspecified atom stereocenters. The standard InChI is InChI=1S/C9H16F3NO/c1-2-7-14-8(9(10,11)12)3-5-13-6-4-8/h13H,2-7H2,1H3. The predicted octanol–water partition coefficient (Wildman–Crippen LogP) is 2.10. The molecular weight excluding hydrogens is 195 g/mol. The number of alkyl halides is 3. The molecule has 0 amide bonds. The van der Waals surface area contributed by atoms with Crippen molar-refractivity contribution in [3.05, 3.63) is 0 Å². The second-order valence-corrected chi connectivity index (χ2v) is 3.59. The van der Waals surface area contributed by atoms with E-state index >= 15 is 0 Å². The van der Waals surface area contributed by atoms with Gasteiger partial charge in [-0.1, -0.05) is 6.92 Å².